The molecular formula is C15H13NO3. The van der Waals surface area contributed by atoms with Crippen molar-refractivity contribution >= 4 is 12.0 Å². The van der Waals surface area contributed by atoms with Crippen LogP contribution in [0.4, 0.5) is 0 Å². The van der Waals surface area contributed by atoms with E-state index in [1.54, 1.807) is 16.8 Å². The van der Waals surface area contributed by atoms with Crippen molar-refractivity contribution in [2.45, 2.75) is 6.54 Å². The Bertz CT molecular complexity index is 654. The number of aromatic nitrogens is 1. The van der Waals surface area contributed by atoms with Crippen LogP contribution in [0.2, 0.25) is 0 Å². The van der Waals surface area contributed by atoms with Gasteiger partial charge >= 0.3 is 5.97 Å². The van der Waals surface area contributed by atoms with Gasteiger partial charge in [0.05, 0.1) is 6.54 Å². The molecule has 1 N–H and O–H groups in total. The van der Waals surface area contributed by atoms with Crippen LogP contribution in [0.25, 0.3) is 6.08 Å². The summed E-state index contributed by atoms with van der Waals surface area (Å²) < 4.78 is 1.61. The van der Waals surface area contributed by atoms with Gasteiger partial charge < -0.3 is 9.67 Å². The van der Waals surface area contributed by atoms with E-state index >= 15 is 0 Å². The topological polar surface area (TPSA) is 59.3 Å². The van der Waals surface area contributed by atoms with Gasteiger partial charge in [-0.3, -0.25) is 4.79 Å². The SMILES string of the molecule is O=C(O)/C=C/c1ccc(Cn2ccccc2=O)cc1. The number of carboxylic acids is 1. The zero-order valence-corrected chi connectivity index (χ0v) is 10.2. The van der Waals surface area contributed by atoms with E-state index < -0.39 is 5.97 Å². The van der Waals surface area contributed by atoms with Crippen molar-refractivity contribution in [3.05, 3.63) is 76.2 Å². The average molecular weight is 255 g/mol. The van der Waals surface area contributed by atoms with E-state index in [1.807, 2.05) is 30.3 Å². The first kappa shape index (κ1) is 12.8. The third-order valence-electron chi connectivity index (χ3n) is 2.65. The van der Waals surface area contributed by atoms with Crippen molar-refractivity contribution in [1.29, 1.82) is 0 Å². The van der Waals surface area contributed by atoms with E-state index in [-0.39, 0.29) is 5.56 Å². The molecule has 1 heterocycles. The number of carboxylic acid groups (broad SMARTS) is 1. The van der Waals surface area contributed by atoms with Crippen LogP contribution in [0.1, 0.15) is 11.1 Å². The van der Waals surface area contributed by atoms with Crippen molar-refractivity contribution in [2.75, 3.05) is 0 Å². The molecule has 0 atom stereocenters. The van der Waals surface area contributed by atoms with Gasteiger partial charge in [0.25, 0.3) is 5.56 Å². The van der Waals surface area contributed by atoms with E-state index in [4.69, 9.17) is 5.11 Å². The van der Waals surface area contributed by atoms with Crippen molar-refractivity contribution < 1.29 is 9.90 Å². The Morgan fingerprint density at radius 1 is 1.16 bits per heavy atom. The first-order valence-corrected chi connectivity index (χ1v) is 5.80. The van der Waals surface area contributed by atoms with Crippen molar-refractivity contribution in [3.8, 4) is 0 Å². The molecule has 4 nitrogen and oxygen atoms in total. The van der Waals surface area contributed by atoms with Crippen LogP contribution in [0.3, 0.4) is 0 Å². The molecule has 1 aromatic heterocycles. The van der Waals surface area contributed by atoms with Crippen LogP contribution < -0.4 is 5.56 Å². The minimum absolute atomic E-state index is 0.0441. The van der Waals surface area contributed by atoms with Gasteiger partial charge in [-0.2, -0.15) is 0 Å². The first-order chi connectivity index (χ1) is 9.15. The largest absolute Gasteiger partial charge is 0.478 e. The quantitative estimate of drug-likeness (QED) is 0.850. The van der Waals surface area contributed by atoms with Gasteiger partial charge in [0.2, 0.25) is 0 Å². The second-order valence-electron chi connectivity index (χ2n) is 4.08. The minimum Gasteiger partial charge on any atom is -0.478 e. The van der Waals surface area contributed by atoms with Gasteiger partial charge in [-0.1, -0.05) is 30.3 Å². The van der Waals surface area contributed by atoms with Crippen LogP contribution in [-0.4, -0.2) is 15.6 Å². The summed E-state index contributed by atoms with van der Waals surface area (Å²) in [6.07, 6.45) is 4.36. The Labute approximate surface area is 110 Å². The summed E-state index contributed by atoms with van der Waals surface area (Å²) in [7, 11) is 0. The molecule has 0 unspecified atom stereocenters. The van der Waals surface area contributed by atoms with Gasteiger partial charge in [-0.05, 0) is 23.3 Å². The lowest BCUT2D eigenvalue weighted by atomic mass is 10.1. The molecule has 2 rings (SSSR count). The molecule has 1 aromatic carbocycles. The standard InChI is InChI=1S/C15H13NO3/c17-14-3-1-2-10-16(14)11-13-6-4-12(5-7-13)8-9-15(18)19/h1-10H,11H2,(H,18,19)/b9-8+. The van der Waals surface area contributed by atoms with Gasteiger partial charge in [-0.15, -0.1) is 0 Å². The summed E-state index contributed by atoms with van der Waals surface area (Å²) >= 11 is 0. The third kappa shape index (κ3) is 3.67. The highest BCUT2D eigenvalue weighted by molar-refractivity contribution is 5.85. The van der Waals surface area contributed by atoms with Crippen LogP contribution in [0.5, 0.6) is 0 Å². The third-order valence-corrected chi connectivity index (χ3v) is 2.65. The smallest absolute Gasteiger partial charge is 0.328 e. The van der Waals surface area contributed by atoms with E-state index in [0.717, 1.165) is 17.2 Å². The second kappa shape index (κ2) is 5.82. The predicted octanol–water partition coefficient (Wildman–Crippen LogP) is 1.99. The number of pyridine rings is 1. The second-order valence-corrected chi connectivity index (χ2v) is 4.08. The molecule has 0 amide bonds. The Morgan fingerprint density at radius 2 is 1.89 bits per heavy atom. The highest BCUT2D eigenvalue weighted by atomic mass is 16.4. The van der Waals surface area contributed by atoms with E-state index in [2.05, 4.69) is 0 Å². The summed E-state index contributed by atoms with van der Waals surface area (Å²) in [4.78, 5) is 21.9. The normalized spacial score (nSPS) is 10.7. The van der Waals surface area contributed by atoms with Gasteiger partial charge in [0, 0.05) is 18.3 Å². The summed E-state index contributed by atoms with van der Waals surface area (Å²) in [6, 6.07) is 12.4. The Kier molecular flexibility index (Phi) is 3.93. The molecule has 4 heteroatoms. The monoisotopic (exact) mass is 255 g/mol. The number of carbonyl (C=O) groups is 1. The molecule has 0 fully saturated rings. The molecule has 0 saturated heterocycles. The zero-order chi connectivity index (χ0) is 13.7. The molecule has 0 bridgehead atoms. The number of hydrogen-bond donors (Lipinski definition) is 1. The van der Waals surface area contributed by atoms with Crippen molar-refractivity contribution in [1.82, 2.24) is 4.57 Å². The molecule has 0 saturated carbocycles. The van der Waals surface area contributed by atoms with Gasteiger partial charge in [0.1, 0.15) is 0 Å². The molecule has 0 aliphatic rings. The van der Waals surface area contributed by atoms with Crippen LogP contribution >= 0.6 is 0 Å². The molecule has 19 heavy (non-hydrogen) atoms. The fourth-order valence-corrected chi connectivity index (χ4v) is 1.69. The molecular weight excluding hydrogens is 242 g/mol. The minimum atomic E-state index is -0.972. The summed E-state index contributed by atoms with van der Waals surface area (Å²) in [6.45, 7) is 0.503. The van der Waals surface area contributed by atoms with E-state index in [1.165, 1.54) is 12.1 Å². The van der Waals surface area contributed by atoms with Gasteiger partial charge in [-0.25, -0.2) is 4.79 Å². The van der Waals surface area contributed by atoms with E-state index in [9.17, 15) is 9.59 Å². The summed E-state index contributed by atoms with van der Waals surface area (Å²) in [5.41, 5.74) is 1.75. The Hall–Kier alpha value is -2.62. The maximum Gasteiger partial charge on any atom is 0.328 e. The number of nitrogens with zero attached hydrogens (tertiary/aromatic N) is 1. The molecule has 2 aromatic rings. The molecule has 0 radical (unpaired) electrons. The lowest BCUT2D eigenvalue weighted by Gasteiger charge is -2.05. The molecule has 0 aliphatic carbocycles. The Balaban J connectivity index is 2.13. The molecule has 96 valence electrons. The predicted molar refractivity (Wildman–Crippen MR) is 72.9 cm³/mol. The molecule has 0 spiro atoms. The maximum atomic E-state index is 11.6. The van der Waals surface area contributed by atoms with Crippen molar-refractivity contribution in [3.63, 3.8) is 0 Å². The van der Waals surface area contributed by atoms with E-state index in [0.29, 0.717) is 6.54 Å². The Morgan fingerprint density at radius 3 is 2.53 bits per heavy atom. The lowest BCUT2D eigenvalue weighted by Crippen LogP contribution is -2.18. The maximum absolute atomic E-state index is 11.6. The summed E-state index contributed by atoms with van der Waals surface area (Å²) in [5, 5.41) is 8.53. The van der Waals surface area contributed by atoms with Crippen LogP contribution in [-0.2, 0) is 11.3 Å². The average Bonchev–Trinajstić information content (AvgIpc) is 2.40. The fourth-order valence-electron chi connectivity index (χ4n) is 1.69. The van der Waals surface area contributed by atoms with Crippen LogP contribution in [0, 0.1) is 0 Å². The highest BCUT2D eigenvalue weighted by Gasteiger charge is 1.97. The number of hydrogen-bond acceptors (Lipinski definition) is 2. The first-order valence-electron chi connectivity index (χ1n) is 5.80. The van der Waals surface area contributed by atoms with Crippen LogP contribution in [0.15, 0.2) is 59.5 Å². The number of benzene rings is 1. The number of rotatable bonds is 4. The van der Waals surface area contributed by atoms with Crippen molar-refractivity contribution in [2.24, 2.45) is 0 Å². The lowest BCUT2D eigenvalue weighted by molar-refractivity contribution is -0.131. The number of aliphatic carboxylic acids is 1. The highest BCUT2D eigenvalue weighted by Crippen LogP contribution is 2.07. The zero-order valence-electron chi connectivity index (χ0n) is 10.2. The molecule has 0 aliphatic heterocycles. The van der Waals surface area contributed by atoms with Gasteiger partial charge in [0.15, 0.2) is 0 Å². The fraction of sp³-hybridized carbons (Fsp3) is 0.0667. The summed E-state index contributed by atoms with van der Waals surface area (Å²) in [5.74, 6) is -0.972.